The summed E-state index contributed by atoms with van der Waals surface area (Å²) >= 11 is 4.19. The molecule has 2 aromatic carbocycles. The van der Waals surface area contributed by atoms with E-state index in [-0.39, 0.29) is 28.0 Å². The van der Waals surface area contributed by atoms with Gasteiger partial charge in [0.1, 0.15) is 0 Å². The van der Waals surface area contributed by atoms with Gasteiger partial charge < -0.3 is 0 Å². The molecule has 5 nitrogen and oxygen atoms in total. The van der Waals surface area contributed by atoms with Crippen LogP contribution < -0.4 is 4.50 Å². The molecule has 0 bridgehead atoms. The van der Waals surface area contributed by atoms with Crippen molar-refractivity contribution >= 4 is 26.2 Å². The van der Waals surface area contributed by atoms with Gasteiger partial charge in [-0.15, -0.1) is 0 Å². The molecule has 3 rings (SSSR count). The summed E-state index contributed by atoms with van der Waals surface area (Å²) in [6.45, 7) is 0. The summed E-state index contributed by atoms with van der Waals surface area (Å²) < 4.78 is 31.9. The summed E-state index contributed by atoms with van der Waals surface area (Å²) in [4.78, 5) is 24.3. The summed E-state index contributed by atoms with van der Waals surface area (Å²) in [5.41, 5.74) is 0.501. The molecule has 21 heavy (non-hydrogen) atoms. The van der Waals surface area contributed by atoms with Crippen molar-refractivity contribution < 1.29 is 38.3 Å². The molecule has 1 aliphatic carbocycles. The first-order chi connectivity index (χ1) is 9.79. The maximum absolute atomic E-state index is 12.4. The summed E-state index contributed by atoms with van der Waals surface area (Å²) in [5, 5.41) is 0. The zero-order chi connectivity index (χ0) is 15.4. The average Bonchev–Trinajstić information content (AvgIpc) is 2.43. The van der Waals surface area contributed by atoms with Crippen LogP contribution in [0.15, 0.2) is 41.3 Å². The van der Waals surface area contributed by atoms with E-state index in [1.165, 1.54) is 18.2 Å². The Labute approximate surface area is 128 Å². The van der Waals surface area contributed by atoms with E-state index >= 15 is 0 Å². The fourth-order valence-corrected chi connectivity index (χ4v) is 3.00. The van der Waals surface area contributed by atoms with Crippen LogP contribution in [0.2, 0.25) is 0 Å². The molecule has 0 aromatic heterocycles. The van der Waals surface area contributed by atoms with Crippen LogP contribution in [0.1, 0.15) is 31.8 Å². The van der Waals surface area contributed by atoms with Crippen molar-refractivity contribution in [1.82, 2.24) is 0 Å². The fraction of sp³-hybridized carbons (Fsp3) is 0. The second-order valence-corrected chi connectivity index (χ2v) is 6.53. The minimum absolute atomic E-state index is 0.0334. The molecule has 108 valence electrons. The van der Waals surface area contributed by atoms with E-state index < -0.39 is 20.8 Å². The fourth-order valence-electron chi connectivity index (χ4n) is 2.25. The monoisotopic (exact) mass is 346 g/mol. The van der Waals surface area contributed by atoms with Crippen LogP contribution >= 0.6 is 0 Å². The second kappa shape index (κ2) is 4.60. The summed E-state index contributed by atoms with van der Waals surface area (Å²) in [5.74, 6) is -0.839. The SMILES string of the molecule is O=C1c2ccc(S(=O)(=O)O)cc2C(=O)c2cc[c]([Co])cc21. The Kier molecular flexibility index (Phi) is 3.10. The number of fused-ring (bicyclic) bond motifs is 2. The zero-order valence-electron chi connectivity index (χ0n) is 10.3. The molecule has 0 spiro atoms. The number of rotatable bonds is 1. The van der Waals surface area contributed by atoms with Crippen LogP contribution in [-0.2, 0) is 25.9 Å². The van der Waals surface area contributed by atoms with Crippen LogP contribution in [0.3, 0.4) is 0 Å². The van der Waals surface area contributed by atoms with Crippen molar-refractivity contribution in [1.29, 1.82) is 0 Å². The molecule has 2 aromatic rings. The van der Waals surface area contributed by atoms with Gasteiger partial charge >= 0.3 is 128 Å². The van der Waals surface area contributed by atoms with Crippen molar-refractivity contribution in [2.45, 2.75) is 4.90 Å². The number of carbonyl (C=O) groups is 2. The number of ketones is 2. The van der Waals surface area contributed by atoms with Gasteiger partial charge in [0.2, 0.25) is 0 Å². The molecule has 0 aliphatic heterocycles. The van der Waals surface area contributed by atoms with Crippen molar-refractivity contribution in [2.75, 3.05) is 0 Å². The Bertz CT molecular complexity index is 915. The predicted molar refractivity (Wildman–Crippen MR) is 69.2 cm³/mol. The average molecular weight is 346 g/mol. The Morgan fingerprint density at radius 1 is 0.810 bits per heavy atom. The molecule has 7 heteroatoms. The number of benzene rings is 2. The van der Waals surface area contributed by atoms with Gasteiger partial charge in [0.25, 0.3) is 0 Å². The van der Waals surface area contributed by atoms with Crippen LogP contribution in [0, 0.1) is 0 Å². The quantitative estimate of drug-likeness (QED) is 0.661. The maximum atomic E-state index is 12.4. The van der Waals surface area contributed by atoms with Crippen LogP contribution in [0.5, 0.6) is 0 Å². The van der Waals surface area contributed by atoms with E-state index in [4.69, 9.17) is 4.55 Å². The molecule has 0 heterocycles. The molecule has 0 atom stereocenters. The molecular formula is C14H7CoO5S. The van der Waals surface area contributed by atoms with E-state index in [9.17, 15) is 18.0 Å². The molecule has 0 radical (unpaired) electrons. The van der Waals surface area contributed by atoms with Gasteiger partial charge in [-0.3, -0.25) is 0 Å². The first kappa shape index (κ1) is 14.1. The summed E-state index contributed by atoms with van der Waals surface area (Å²) in [7, 11) is -4.44. The molecule has 0 unspecified atom stereocenters. The number of hydrogen-bond donors (Lipinski definition) is 1. The Morgan fingerprint density at radius 2 is 1.33 bits per heavy atom. The first-order valence-electron chi connectivity index (χ1n) is 5.77. The van der Waals surface area contributed by atoms with Crippen molar-refractivity contribution in [3.63, 3.8) is 0 Å². The molecule has 1 aliphatic rings. The van der Waals surface area contributed by atoms with Crippen molar-refractivity contribution in [3.8, 4) is 0 Å². The first-order valence-corrected chi connectivity index (χ1v) is 7.73. The second-order valence-electron chi connectivity index (χ2n) is 4.50. The molecule has 0 saturated heterocycles. The molecule has 0 saturated carbocycles. The summed E-state index contributed by atoms with van der Waals surface area (Å²) in [6.07, 6.45) is 0. The predicted octanol–water partition coefficient (Wildman–Crippen LogP) is 0.881. The standard InChI is InChI=1S/C14H7O5S.Co/c15-13-9-3-1-2-4-10(9)14(16)12-7-8(20(17,18)19)5-6-11(12)13;/h2-7H,(H,17,18,19);. The Balaban J connectivity index is 2.28. The van der Waals surface area contributed by atoms with E-state index in [1.54, 1.807) is 6.07 Å². The van der Waals surface area contributed by atoms with Gasteiger partial charge in [-0.1, -0.05) is 0 Å². The van der Waals surface area contributed by atoms with Crippen LogP contribution in [0.4, 0.5) is 0 Å². The van der Waals surface area contributed by atoms with Crippen molar-refractivity contribution in [3.05, 3.63) is 58.7 Å². The Morgan fingerprint density at radius 3 is 1.90 bits per heavy atom. The van der Waals surface area contributed by atoms with Crippen molar-refractivity contribution in [2.24, 2.45) is 0 Å². The van der Waals surface area contributed by atoms with E-state index in [0.717, 1.165) is 12.1 Å². The third-order valence-electron chi connectivity index (χ3n) is 3.24. The number of carbonyl (C=O) groups excluding carboxylic acids is 2. The van der Waals surface area contributed by atoms with Gasteiger partial charge in [0, 0.05) is 0 Å². The van der Waals surface area contributed by atoms with E-state index in [1.807, 2.05) is 0 Å². The minimum atomic E-state index is -4.44. The van der Waals surface area contributed by atoms with E-state index in [0.29, 0.717) is 4.50 Å². The molecule has 0 fully saturated rings. The van der Waals surface area contributed by atoms with Crippen LogP contribution in [0.25, 0.3) is 0 Å². The molecule has 0 amide bonds. The summed E-state index contributed by atoms with van der Waals surface area (Å²) in [6, 6.07) is 7.87. The van der Waals surface area contributed by atoms with Gasteiger partial charge in [0.05, 0.1) is 0 Å². The topological polar surface area (TPSA) is 88.5 Å². The van der Waals surface area contributed by atoms with Crippen LogP contribution in [-0.4, -0.2) is 24.5 Å². The third kappa shape index (κ3) is 2.24. The van der Waals surface area contributed by atoms with E-state index in [2.05, 4.69) is 15.7 Å². The van der Waals surface area contributed by atoms with Gasteiger partial charge in [-0.05, 0) is 0 Å². The molecule has 1 N–H and O–H groups in total. The molecular weight excluding hydrogens is 339 g/mol. The van der Waals surface area contributed by atoms with Gasteiger partial charge in [-0.25, -0.2) is 0 Å². The third-order valence-corrected chi connectivity index (χ3v) is 4.41. The Hall–Kier alpha value is -1.80. The van der Waals surface area contributed by atoms with Gasteiger partial charge in [-0.2, -0.15) is 0 Å². The normalized spacial score (nSPS) is 13.9. The number of hydrogen-bond acceptors (Lipinski definition) is 4. The van der Waals surface area contributed by atoms with Gasteiger partial charge in [0.15, 0.2) is 0 Å². The zero-order valence-corrected chi connectivity index (χ0v) is 12.1.